The molecule has 1 aliphatic carbocycles. The molecule has 0 aromatic heterocycles. The predicted molar refractivity (Wildman–Crippen MR) is 134 cm³/mol. The molecule has 1 aromatic carbocycles. The first-order chi connectivity index (χ1) is 16.0. The average molecular weight is 474 g/mol. The number of amides is 3. The van der Waals surface area contributed by atoms with E-state index in [-0.39, 0.29) is 23.8 Å². The van der Waals surface area contributed by atoms with Crippen LogP contribution in [0.1, 0.15) is 91.3 Å². The molecule has 2 rings (SSSR count). The van der Waals surface area contributed by atoms with Gasteiger partial charge in [-0.25, -0.2) is 4.79 Å². The third-order valence-electron chi connectivity index (χ3n) is 5.86. The predicted octanol–water partition coefficient (Wildman–Crippen LogP) is 4.75. The molecule has 1 aromatic rings. The summed E-state index contributed by atoms with van der Waals surface area (Å²) in [6.45, 7) is 13.8. The van der Waals surface area contributed by atoms with Crippen LogP contribution < -0.4 is 10.6 Å². The van der Waals surface area contributed by atoms with E-state index in [9.17, 15) is 14.4 Å². The molecule has 2 atom stereocenters. The maximum Gasteiger partial charge on any atom is 0.408 e. The summed E-state index contributed by atoms with van der Waals surface area (Å²) < 4.78 is 5.41. The molecular formula is C27H43N3O4. The zero-order chi connectivity index (χ0) is 25.5. The molecule has 0 aliphatic heterocycles. The third-order valence-corrected chi connectivity index (χ3v) is 5.86. The smallest absolute Gasteiger partial charge is 0.408 e. The van der Waals surface area contributed by atoms with Gasteiger partial charge in [-0.05, 0) is 63.5 Å². The molecule has 1 saturated carbocycles. The van der Waals surface area contributed by atoms with Crippen LogP contribution in [0.3, 0.4) is 0 Å². The first-order valence-corrected chi connectivity index (χ1v) is 12.7. The number of hydrogen-bond acceptors (Lipinski definition) is 4. The molecule has 7 nitrogen and oxygen atoms in total. The number of benzene rings is 1. The van der Waals surface area contributed by atoms with Crippen molar-refractivity contribution in [3.63, 3.8) is 0 Å². The number of aryl methyl sites for hydroxylation is 1. The summed E-state index contributed by atoms with van der Waals surface area (Å²) in [5, 5.41) is 5.79. The van der Waals surface area contributed by atoms with E-state index >= 15 is 0 Å². The average Bonchev–Trinajstić information content (AvgIpc) is 3.59. The minimum atomic E-state index is -0.795. The van der Waals surface area contributed by atoms with Crippen LogP contribution in [0, 0.1) is 5.92 Å². The summed E-state index contributed by atoms with van der Waals surface area (Å²) in [5.74, 6) is -0.608. The maximum absolute atomic E-state index is 13.9. The van der Waals surface area contributed by atoms with Crippen LogP contribution >= 0.6 is 0 Å². The summed E-state index contributed by atoms with van der Waals surface area (Å²) in [4.78, 5) is 41.6. The Balaban J connectivity index is 2.39. The highest BCUT2D eigenvalue weighted by atomic mass is 16.6. The maximum atomic E-state index is 13.9. The minimum Gasteiger partial charge on any atom is -0.444 e. The van der Waals surface area contributed by atoms with Gasteiger partial charge in [-0.3, -0.25) is 9.59 Å². The number of hydrogen-bond donors (Lipinski definition) is 2. The van der Waals surface area contributed by atoms with E-state index in [0.717, 1.165) is 37.7 Å². The minimum absolute atomic E-state index is 0.0260. The number of rotatable bonds is 11. The van der Waals surface area contributed by atoms with Crippen molar-refractivity contribution in [2.75, 3.05) is 6.54 Å². The van der Waals surface area contributed by atoms with Crippen LogP contribution in [0.25, 0.3) is 0 Å². The zero-order valence-electron chi connectivity index (χ0n) is 21.9. The molecule has 3 amide bonds. The zero-order valence-corrected chi connectivity index (χ0v) is 21.9. The van der Waals surface area contributed by atoms with Crippen LogP contribution in [0.15, 0.2) is 24.3 Å². The molecule has 1 fully saturated rings. The van der Waals surface area contributed by atoms with E-state index in [0.29, 0.717) is 6.54 Å². The normalized spacial score (nSPS) is 15.4. The van der Waals surface area contributed by atoms with E-state index in [2.05, 4.69) is 24.5 Å². The molecule has 0 spiro atoms. The van der Waals surface area contributed by atoms with E-state index < -0.39 is 23.8 Å². The summed E-state index contributed by atoms with van der Waals surface area (Å²) in [5.41, 5.74) is 1.28. The Morgan fingerprint density at radius 1 is 1.09 bits per heavy atom. The van der Waals surface area contributed by atoms with Crippen molar-refractivity contribution in [2.45, 2.75) is 104 Å². The largest absolute Gasteiger partial charge is 0.444 e. The molecular weight excluding hydrogens is 430 g/mol. The van der Waals surface area contributed by atoms with Gasteiger partial charge in [0.15, 0.2) is 0 Å². The van der Waals surface area contributed by atoms with Crippen LogP contribution in [-0.4, -0.2) is 47.0 Å². The molecule has 0 radical (unpaired) electrons. The van der Waals surface area contributed by atoms with Gasteiger partial charge in [0.2, 0.25) is 11.8 Å². The summed E-state index contributed by atoms with van der Waals surface area (Å²) in [6.07, 6.45) is 3.79. The van der Waals surface area contributed by atoms with Crippen LogP contribution in [0.5, 0.6) is 0 Å². The highest BCUT2D eigenvalue weighted by Crippen LogP contribution is 2.36. The lowest BCUT2D eigenvalue weighted by atomic mass is 9.97. The van der Waals surface area contributed by atoms with E-state index in [1.54, 1.807) is 25.7 Å². The fourth-order valence-electron chi connectivity index (χ4n) is 3.84. The highest BCUT2D eigenvalue weighted by molar-refractivity contribution is 5.92. The number of carbonyl (C=O) groups is 3. The van der Waals surface area contributed by atoms with Gasteiger partial charge in [-0.2, -0.15) is 0 Å². The molecule has 190 valence electrons. The first-order valence-electron chi connectivity index (χ1n) is 12.7. The number of unbranched alkanes of at least 4 members (excludes halogenated alkanes) is 1. The molecule has 0 bridgehead atoms. The quantitative estimate of drug-likeness (QED) is 0.454. The van der Waals surface area contributed by atoms with Crippen LogP contribution in [-0.2, 0) is 20.7 Å². The lowest BCUT2D eigenvalue weighted by Gasteiger charge is -2.36. The fraction of sp³-hybridized carbons (Fsp3) is 0.667. The van der Waals surface area contributed by atoms with Crippen molar-refractivity contribution in [1.82, 2.24) is 15.5 Å². The standard InChI is InChI=1S/C27H43N3O4/c1-8-10-17-28-24(31)23(20-13-11-19(9-2)12-14-20)30(21-15-16-21)25(32)22(18(3)4)29-26(33)34-27(5,6)7/h11-14,18,21-23H,8-10,15-17H2,1-7H3,(H,28,31)(H,29,33). The van der Waals surface area contributed by atoms with Gasteiger partial charge < -0.3 is 20.3 Å². The lowest BCUT2D eigenvalue weighted by molar-refractivity contribution is -0.144. The van der Waals surface area contributed by atoms with Crippen molar-refractivity contribution in [3.05, 3.63) is 35.4 Å². The molecule has 7 heteroatoms. The van der Waals surface area contributed by atoms with Crippen molar-refractivity contribution >= 4 is 17.9 Å². The molecule has 34 heavy (non-hydrogen) atoms. The fourth-order valence-corrected chi connectivity index (χ4v) is 3.84. The molecule has 2 N–H and O–H groups in total. The number of ether oxygens (including phenoxy) is 1. The highest BCUT2D eigenvalue weighted by Gasteiger charge is 2.44. The first kappa shape index (κ1) is 27.7. The second-order valence-electron chi connectivity index (χ2n) is 10.5. The van der Waals surface area contributed by atoms with Crippen LogP contribution in [0.4, 0.5) is 4.79 Å². The van der Waals surface area contributed by atoms with E-state index in [4.69, 9.17) is 4.74 Å². The monoisotopic (exact) mass is 473 g/mol. The van der Waals surface area contributed by atoms with Gasteiger partial charge in [0.1, 0.15) is 17.7 Å². The number of nitrogens with zero attached hydrogens (tertiary/aromatic N) is 1. The molecule has 1 aliphatic rings. The van der Waals surface area contributed by atoms with Crippen molar-refractivity contribution in [3.8, 4) is 0 Å². The number of alkyl carbamates (subject to hydrolysis) is 1. The van der Waals surface area contributed by atoms with E-state index in [1.807, 2.05) is 38.1 Å². The van der Waals surface area contributed by atoms with Crippen LogP contribution in [0.2, 0.25) is 0 Å². The van der Waals surface area contributed by atoms with Crippen molar-refractivity contribution < 1.29 is 19.1 Å². The summed E-state index contributed by atoms with van der Waals surface area (Å²) in [7, 11) is 0. The SMILES string of the molecule is CCCCNC(=O)C(c1ccc(CC)cc1)N(C(=O)C(NC(=O)OC(C)(C)C)C(C)C)C1CC1. The number of nitrogens with one attached hydrogen (secondary N) is 2. The second kappa shape index (κ2) is 12.2. The Bertz CT molecular complexity index is 825. The Labute approximate surface area is 205 Å². The van der Waals surface area contributed by atoms with Crippen molar-refractivity contribution in [2.24, 2.45) is 5.92 Å². The molecule has 0 saturated heterocycles. The topological polar surface area (TPSA) is 87.7 Å². The Hall–Kier alpha value is -2.57. The van der Waals surface area contributed by atoms with E-state index in [1.165, 1.54) is 5.56 Å². The second-order valence-corrected chi connectivity index (χ2v) is 10.5. The summed E-state index contributed by atoms with van der Waals surface area (Å²) in [6, 6.07) is 6.34. The molecule has 0 heterocycles. The van der Waals surface area contributed by atoms with Gasteiger partial charge in [-0.1, -0.05) is 58.4 Å². The Kier molecular flexibility index (Phi) is 9.95. The van der Waals surface area contributed by atoms with Gasteiger partial charge in [0, 0.05) is 12.6 Å². The van der Waals surface area contributed by atoms with Gasteiger partial charge in [-0.15, -0.1) is 0 Å². The lowest BCUT2D eigenvalue weighted by Crippen LogP contribution is -2.55. The molecule has 2 unspecified atom stereocenters. The number of carbonyl (C=O) groups excluding carboxylic acids is 3. The van der Waals surface area contributed by atoms with Gasteiger partial charge in [0.25, 0.3) is 0 Å². The Morgan fingerprint density at radius 2 is 1.71 bits per heavy atom. The summed E-state index contributed by atoms with van der Waals surface area (Å²) >= 11 is 0. The van der Waals surface area contributed by atoms with Gasteiger partial charge in [0.05, 0.1) is 0 Å². The Morgan fingerprint density at radius 3 is 2.18 bits per heavy atom. The third kappa shape index (κ3) is 8.03. The van der Waals surface area contributed by atoms with Gasteiger partial charge >= 0.3 is 6.09 Å². The van der Waals surface area contributed by atoms with Crippen molar-refractivity contribution in [1.29, 1.82) is 0 Å².